The van der Waals surface area contributed by atoms with Gasteiger partial charge in [0.15, 0.2) is 5.82 Å². The van der Waals surface area contributed by atoms with Crippen molar-refractivity contribution in [1.29, 1.82) is 0 Å². The van der Waals surface area contributed by atoms with Crippen LogP contribution in [0.1, 0.15) is 49.0 Å². The van der Waals surface area contributed by atoms with E-state index < -0.39 is 21.9 Å². The molecule has 0 bridgehead atoms. The van der Waals surface area contributed by atoms with Crippen molar-refractivity contribution in [1.82, 2.24) is 14.4 Å². The fourth-order valence-corrected chi connectivity index (χ4v) is 6.06. The lowest BCUT2D eigenvalue weighted by molar-refractivity contribution is 0.289. The number of hydrogen-bond acceptors (Lipinski definition) is 5. The number of rotatable bonds is 7. The Morgan fingerprint density at radius 1 is 1.06 bits per heavy atom. The molecule has 31 heavy (non-hydrogen) atoms. The van der Waals surface area contributed by atoms with E-state index in [1.165, 1.54) is 34.1 Å². The molecule has 2 aromatic carbocycles. The topological polar surface area (TPSA) is 76.3 Å². The van der Waals surface area contributed by atoms with E-state index in [0.29, 0.717) is 31.1 Å². The van der Waals surface area contributed by atoms with Gasteiger partial charge in [-0.3, -0.25) is 0 Å². The molecule has 8 heteroatoms. The molecule has 0 unspecified atom stereocenters. The molecule has 0 N–H and O–H groups in total. The fourth-order valence-electron chi connectivity index (χ4n) is 4.36. The molecule has 0 amide bonds. The summed E-state index contributed by atoms with van der Waals surface area (Å²) in [6.07, 6.45) is 5.14. The number of halogens is 1. The fraction of sp³-hybridized carbons (Fsp3) is 0.391. The first kappa shape index (κ1) is 20.3. The molecule has 1 atom stereocenters. The van der Waals surface area contributed by atoms with E-state index in [-0.39, 0.29) is 10.3 Å². The third-order valence-electron chi connectivity index (χ3n) is 6.32. The van der Waals surface area contributed by atoms with Crippen LogP contribution in [-0.2, 0) is 22.9 Å². The number of benzene rings is 2. The van der Waals surface area contributed by atoms with Gasteiger partial charge in [-0.2, -0.15) is 9.29 Å². The van der Waals surface area contributed by atoms with Crippen LogP contribution in [0.25, 0.3) is 0 Å². The SMILES string of the molecule is O=S(=O)(c1ccc(F)cc1)N1CC2(CC2)C[C@H]1c1nc(CCCc2ccccc2)no1. The predicted molar refractivity (Wildman–Crippen MR) is 112 cm³/mol. The van der Waals surface area contributed by atoms with Gasteiger partial charge >= 0.3 is 0 Å². The van der Waals surface area contributed by atoms with Crippen molar-refractivity contribution in [2.45, 2.75) is 49.5 Å². The predicted octanol–water partition coefficient (Wildman–Crippen LogP) is 4.30. The first-order valence-corrected chi connectivity index (χ1v) is 12.0. The lowest BCUT2D eigenvalue weighted by Crippen LogP contribution is -2.31. The summed E-state index contributed by atoms with van der Waals surface area (Å²) in [5.74, 6) is 0.485. The standard InChI is InChI=1S/C23H24FN3O3S/c24-18-9-11-19(12-10-18)31(28,29)27-16-23(13-14-23)15-20(27)22-25-21(26-30-22)8-4-7-17-5-2-1-3-6-17/h1-3,5-6,9-12,20H,4,7-8,13-16H2/t20-/m0/s1. The second-order valence-electron chi connectivity index (χ2n) is 8.61. The molecule has 5 rings (SSSR count). The zero-order chi connectivity index (χ0) is 21.5. The zero-order valence-corrected chi connectivity index (χ0v) is 17.9. The van der Waals surface area contributed by atoms with E-state index in [0.717, 1.165) is 25.7 Å². The van der Waals surface area contributed by atoms with Crippen LogP contribution >= 0.6 is 0 Å². The molecule has 6 nitrogen and oxygen atoms in total. The monoisotopic (exact) mass is 441 g/mol. The molecule has 2 heterocycles. The highest BCUT2D eigenvalue weighted by Crippen LogP contribution is 2.59. The van der Waals surface area contributed by atoms with E-state index in [1.807, 2.05) is 18.2 Å². The molecule has 1 aliphatic carbocycles. The van der Waals surface area contributed by atoms with Gasteiger partial charge < -0.3 is 4.52 Å². The molecule has 0 radical (unpaired) electrons. The molecule has 162 valence electrons. The summed E-state index contributed by atoms with van der Waals surface area (Å²) in [7, 11) is -3.79. The number of sulfonamides is 1. The van der Waals surface area contributed by atoms with Crippen LogP contribution in [0.15, 0.2) is 64.0 Å². The lowest BCUT2D eigenvalue weighted by atomic mass is 10.0. The summed E-state index contributed by atoms with van der Waals surface area (Å²) in [5.41, 5.74) is 1.26. The maximum absolute atomic E-state index is 13.3. The molecular weight excluding hydrogens is 417 g/mol. The molecule has 1 saturated heterocycles. The Balaban J connectivity index is 1.33. The van der Waals surface area contributed by atoms with Crippen LogP contribution < -0.4 is 0 Å². The second-order valence-corrected chi connectivity index (χ2v) is 10.5. The summed E-state index contributed by atoms with van der Waals surface area (Å²) in [4.78, 5) is 4.63. The van der Waals surface area contributed by atoms with Gasteiger partial charge in [0.2, 0.25) is 15.9 Å². The molecule has 1 spiro atoms. The minimum Gasteiger partial charge on any atom is -0.338 e. The van der Waals surface area contributed by atoms with Crippen LogP contribution in [0.2, 0.25) is 0 Å². The van der Waals surface area contributed by atoms with Crippen molar-refractivity contribution in [3.8, 4) is 0 Å². The third-order valence-corrected chi connectivity index (χ3v) is 8.19. The van der Waals surface area contributed by atoms with E-state index in [4.69, 9.17) is 4.52 Å². The van der Waals surface area contributed by atoms with Gasteiger partial charge in [-0.05, 0) is 67.3 Å². The van der Waals surface area contributed by atoms with Crippen molar-refractivity contribution < 1.29 is 17.3 Å². The Labute approximate surface area is 181 Å². The quantitative estimate of drug-likeness (QED) is 0.546. The molecule has 1 aliphatic heterocycles. The second kappa shape index (κ2) is 7.84. The van der Waals surface area contributed by atoms with Gasteiger partial charge in [0, 0.05) is 13.0 Å². The van der Waals surface area contributed by atoms with Crippen molar-refractivity contribution in [3.63, 3.8) is 0 Å². The highest BCUT2D eigenvalue weighted by molar-refractivity contribution is 7.89. The minimum atomic E-state index is -3.79. The van der Waals surface area contributed by atoms with Crippen LogP contribution in [0.4, 0.5) is 4.39 Å². The summed E-state index contributed by atoms with van der Waals surface area (Å²) >= 11 is 0. The average molecular weight is 442 g/mol. The van der Waals surface area contributed by atoms with Crippen molar-refractivity contribution >= 4 is 10.0 Å². The van der Waals surface area contributed by atoms with E-state index in [2.05, 4.69) is 22.3 Å². The summed E-state index contributed by atoms with van der Waals surface area (Å²) in [6.45, 7) is 0.434. The minimum absolute atomic E-state index is 0.000288. The van der Waals surface area contributed by atoms with E-state index in [9.17, 15) is 12.8 Å². The van der Waals surface area contributed by atoms with Crippen LogP contribution in [0, 0.1) is 11.2 Å². The van der Waals surface area contributed by atoms with Crippen molar-refractivity contribution in [2.75, 3.05) is 6.54 Å². The summed E-state index contributed by atoms with van der Waals surface area (Å²) in [5, 5.41) is 4.10. The lowest BCUT2D eigenvalue weighted by Gasteiger charge is -2.21. The van der Waals surface area contributed by atoms with Gasteiger partial charge in [-0.1, -0.05) is 35.5 Å². The van der Waals surface area contributed by atoms with E-state index >= 15 is 0 Å². The number of nitrogens with zero attached hydrogens (tertiary/aromatic N) is 3. The van der Waals surface area contributed by atoms with Gasteiger partial charge in [0.05, 0.1) is 4.90 Å². The summed E-state index contributed by atoms with van der Waals surface area (Å²) < 4.78 is 46.9. The normalized spacial score (nSPS) is 20.4. The van der Waals surface area contributed by atoms with Gasteiger partial charge in [0.1, 0.15) is 11.9 Å². The molecule has 2 fully saturated rings. The number of hydrogen-bond donors (Lipinski definition) is 0. The third kappa shape index (κ3) is 4.14. The van der Waals surface area contributed by atoms with Crippen LogP contribution in [0.5, 0.6) is 0 Å². The Morgan fingerprint density at radius 3 is 2.52 bits per heavy atom. The highest BCUT2D eigenvalue weighted by atomic mass is 32.2. The molecular formula is C23H24FN3O3S. The smallest absolute Gasteiger partial charge is 0.245 e. The molecule has 1 aromatic heterocycles. The largest absolute Gasteiger partial charge is 0.338 e. The van der Waals surface area contributed by atoms with Crippen molar-refractivity contribution in [2.24, 2.45) is 5.41 Å². The Bertz CT molecular complexity index is 1160. The number of aromatic nitrogens is 2. The Kier molecular flexibility index (Phi) is 5.14. The van der Waals surface area contributed by atoms with Crippen LogP contribution in [0.3, 0.4) is 0 Å². The number of aryl methyl sites for hydroxylation is 2. The van der Waals surface area contributed by atoms with E-state index in [1.54, 1.807) is 0 Å². The Morgan fingerprint density at radius 2 is 1.81 bits per heavy atom. The average Bonchev–Trinajstić information content (AvgIpc) is 3.18. The van der Waals surface area contributed by atoms with Crippen LogP contribution in [-0.4, -0.2) is 29.4 Å². The maximum atomic E-state index is 13.3. The van der Waals surface area contributed by atoms with Gasteiger partial charge in [0.25, 0.3) is 0 Å². The molecule has 3 aromatic rings. The highest BCUT2D eigenvalue weighted by Gasteiger charge is 2.57. The zero-order valence-electron chi connectivity index (χ0n) is 17.1. The first-order valence-electron chi connectivity index (χ1n) is 10.6. The van der Waals surface area contributed by atoms with Crippen molar-refractivity contribution in [3.05, 3.63) is 77.7 Å². The molecule has 1 saturated carbocycles. The maximum Gasteiger partial charge on any atom is 0.245 e. The molecule has 2 aliphatic rings. The van der Waals surface area contributed by atoms with Gasteiger partial charge in [-0.15, -0.1) is 0 Å². The summed E-state index contributed by atoms with van der Waals surface area (Å²) in [6, 6.07) is 14.7. The van der Waals surface area contributed by atoms with Gasteiger partial charge in [-0.25, -0.2) is 12.8 Å². The Hall–Kier alpha value is -2.58. The first-order chi connectivity index (χ1) is 15.0.